The number of rotatable bonds is 2. The van der Waals surface area contributed by atoms with Crippen molar-refractivity contribution in [3.8, 4) is 0 Å². The molecule has 1 aliphatic rings. The van der Waals surface area contributed by atoms with Gasteiger partial charge in [0.15, 0.2) is 5.82 Å². The molecule has 21 heavy (non-hydrogen) atoms. The minimum atomic E-state index is -0.393. The minimum Gasteiger partial charge on any atom is -0.339 e. The second-order valence-corrected chi connectivity index (χ2v) is 6.95. The fourth-order valence-corrected chi connectivity index (χ4v) is 3.14. The molecular weight excluding hydrogens is 262 g/mol. The third-order valence-corrected chi connectivity index (χ3v) is 4.63. The summed E-state index contributed by atoms with van der Waals surface area (Å²) in [5.74, 6) is 1.70. The topological polar surface area (TPSA) is 64.9 Å². The fraction of sp³-hybridized carbons (Fsp3) is 0.882. The number of hydrogen-bond acceptors (Lipinski definition) is 4. The van der Waals surface area contributed by atoms with Crippen LogP contribution in [0.4, 0.5) is 0 Å². The largest absolute Gasteiger partial charge is 0.339 e. The number of nitrogens with two attached hydrogens (primary N) is 1. The monoisotopic (exact) mass is 293 g/mol. The minimum absolute atomic E-state index is 0.265. The summed E-state index contributed by atoms with van der Waals surface area (Å²) in [6.07, 6.45) is 13.6. The molecular formula is C17H31N3O. The summed E-state index contributed by atoms with van der Waals surface area (Å²) in [7, 11) is 0. The van der Waals surface area contributed by atoms with Crippen molar-refractivity contribution in [1.82, 2.24) is 10.1 Å². The first-order valence-corrected chi connectivity index (χ1v) is 8.75. The van der Waals surface area contributed by atoms with Crippen LogP contribution in [0.15, 0.2) is 4.52 Å². The van der Waals surface area contributed by atoms with Crippen molar-refractivity contribution < 1.29 is 4.52 Å². The lowest BCUT2D eigenvalue weighted by atomic mass is 9.86. The Morgan fingerprint density at radius 3 is 1.81 bits per heavy atom. The molecule has 1 aromatic rings. The van der Waals surface area contributed by atoms with Gasteiger partial charge in [-0.25, -0.2) is 0 Å². The summed E-state index contributed by atoms with van der Waals surface area (Å²) in [5.41, 5.74) is 6.30. The van der Waals surface area contributed by atoms with Crippen LogP contribution < -0.4 is 5.73 Å². The first-order chi connectivity index (χ1) is 10.1. The quantitative estimate of drug-likeness (QED) is 0.861. The summed E-state index contributed by atoms with van der Waals surface area (Å²) in [6.45, 7) is 4.14. The van der Waals surface area contributed by atoms with Gasteiger partial charge in [-0.2, -0.15) is 4.98 Å². The normalized spacial score (nSPS) is 21.7. The second kappa shape index (κ2) is 7.92. The molecule has 2 rings (SSSR count). The van der Waals surface area contributed by atoms with Crippen LogP contribution in [-0.4, -0.2) is 10.1 Å². The predicted molar refractivity (Wildman–Crippen MR) is 85.0 cm³/mol. The molecule has 1 aliphatic carbocycles. The first kappa shape index (κ1) is 16.5. The van der Waals surface area contributed by atoms with Gasteiger partial charge in [0.1, 0.15) is 0 Å². The molecule has 120 valence electrons. The van der Waals surface area contributed by atoms with Crippen molar-refractivity contribution in [2.45, 2.75) is 95.9 Å². The second-order valence-electron chi connectivity index (χ2n) is 6.95. The maximum atomic E-state index is 6.69. The lowest BCUT2D eigenvalue weighted by Gasteiger charge is -2.26. The van der Waals surface area contributed by atoms with E-state index in [1.165, 1.54) is 57.8 Å². The smallest absolute Gasteiger partial charge is 0.229 e. The van der Waals surface area contributed by atoms with Crippen molar-refractivity contribution in [2.75, 3.05) is 0 Å². The van der Waals surface area contributed by atoms with Crippen LogP contribution in [0.5, 0.6) is 0 Å². The maximum absolute atomic E-state index is 6.69. The van der Waals surface area contributed by atoms with Gasteiger partial charge in [0, 0.05) is 5.92 Å². The van der Waals surface area contributed by atoms with E-state index in [4.69, 9.17) is 10.3 Å². The van der Waals surface area contributed by atoms with E-state index in [1.54, 1.807) is 0 Å². The lowest BCUT2D eigenvalue weighted by molar-refractivity contribution is 0.299. The SMILES string of the molecule is CC(C)c1nc(C2(N)CCCCCCCCCCC2)no1. The van der Waals surface area contributed by atoms with Crippen molar-refractivity contribution in [3.05, 3.63) is 11.7 Å². The highest BCUT2D eigenvalue weighted by atomic mass is 16.5. The molecule has 0 radical (unpaired) electrons. The van der Waals surface area contributed by atoms with Crippen molar-refractivity contribution in [3.63, 3.8) is 0 Å². The van der Waals surface area contributed by atoms with Gasteiger partial charge in [-0.05, 0) is 12.8 Å². The van der Waals surface area contributed by atoms with Crippen molar-refractivity contribution in [1.29, 1.82) is 0 Å². The van der Waals surface area contributed by atoms with E-state index in [0.717, 1.165) is 18.7 Å². The fourth-order valence-electron chi connectivity index (χ4n) is 3.14. The molecule has 1 fully saturated rings. The predicted octanol–water partition coefficient (Wildman–Crippen LogP) is 4.65. The van der Waals surface area contributed by atoms with Gasteiger partial charge in [-0.15, -0.1) is 0 Å². The average Bonchev–Trinajstić information content (AvgIpc) is 2.93. The van der Waals surface area contributed by atoms with E-state index in [0.29, 0.717) is 5.89 Å². The van der Waals surface area contributed by atoms with Crippen LogP contribution in [0.1, 0.15) is 102 Å². The summed E-state index contributed by atoms with van der Waals surface area (Å²) in [5, 5.41) is 4.19. The molecule has 0 unspecified atom stereocenters. The van der Waals surface area contributed by atoms with E-state index < -0.39 is 5.54 Å². The first-order valence-electron chi connectivity index (χ1n) is 8.75. The Morgan fingerprint density at radius 1 is 0.905 bits per heavy atom. The zero-order valence-corrected chi connectivity index (χ0v) is 13.7. The Kier molecular flexibility index (Phi) is 6.22. The van der Waals surface area contributed by atoms with Crippen LogP contribution in [0.25, 0.3) is 0 Å². The Morgan fingerprint density at radius 2 is 1.38 bits per heavy atom. The molecule has 1 saturated carbocycles. The maximum Gasteiger partial charge on any atom is 0.229 e. The van der Waals surface area contributed by atoms with Gasteiger partial charge in [0.05, 0.1) is 5.54 Å². The molecule has 0 bridgehead atoms. The highest BCUT2D eigenvalue weighted by Gasteiger charge is 2.32. The van der Waals surface area contributed by atoms with Crippen molar-refractivity contribution >= 4 is 0 Å². The zero-order chi connectivity index (χ0) is 15.1. The molecule has 2 N–H and O–H groups in total. The van der Waals surface area contributed by atoms with Crippen molar-refractivity contribution in [2.24, 2.45) is 5.73 Å². The number of hydrogen-bond donors (Lipinski definition) is 1. The third-order valence-electron chi connectivity index (χ3n) is 4.63. The van der Waals surface area contributed by atoms with Crippen LogP contribution >= 0.6 is 0 Å². The van der Waals surface area contributed by atoms with Crippen LogP contribution in [0, 0.1) is 0 Å². The van der Waals surface area contributed by atoms with Crippen LogP contribution in [0.3, 0.4) is 0 Å². The molecule has 0 amide bonds. The Labute approximate surface area is 128 Å². The van der Waals surface area contributed by atoms with Gasteiger partial charge < -0.3 is 10.3 Å². The zero-order valence-electron chi connectivity index (χ0n) is 13.7. The Bertz CT molecular complexity index is 402. The van der Waals surface area contributed by atoms with Gasteiger partial charge >= 0.3 is 0 Å². The Balaban J connectivity index is 2.05. The summed E-state index contributed by atoms with van der Waals surface area (Å²) < 4.78 is 5.38. The van der Waals surface area contributed by atoms with Crippen LogP contribution in [0.2, 0.25) is 0 Å². The molecule has 0 aromatic carbocycles. The lowest BCUT2D eigenvalue weighted by Crippen LogP contribution is -2.38. The van der Waals surface area contributed by atoms with E-state index in [-0.39, 0.29) is 5.92 Å². The van der Waals surface area contributed by atoms with Gasteiger partial charge in [0.25, 0.3) is 0 Å². The molecule has 4 nitrogen and oxygen atoms in total. The molecule has 0 saturated heterocycles. The van der Waals surface area contributed by atoms with Gasteiger partial charge in [-0.3, -0.25) is 0 Å². The highest BCUT2D eigenvalue weighted by Crippen LogP contribution is 2.30. The van der Waals surface area contributed by atoms with Gasteiger partial charge in [-0.1, -0.05) is 76.8 Å². The molecule has 0 atom stereocenters. The van der Waals surface area contributed by atoms with E-state index in [1.807, 2.05) is 0 Å². The average molecular weight is 293 g/mol. The number of nitrogens with zero attached hydrogens (tertiary/aromatic N) is 2. The standard InChI is InChI=1S/C17H31N3O/c1-14(2)15-19-16(20-21-15)17(18)12-10-8-6-4-3-5-7-9-11-13-17/h14H,3-13,18H2,1-2H3. The van der Waals surface area contributed by atoms with Gasteiger partial charge in [0.2, 0.25) is 5.89 Å². The van der Waals surface area contributed by atoms with E-state index in [2.05, 4.69) is 24.0 Å². The summed E-state index contributed by atoms with van der Waals surface area (Å²) >= 11 is 0. The molecule has 4 heteroatoms. The van der Waals surface area contributed by atoms with E-state index in [9.17, 15) is 0 Å². The molecule has 0 spiro atoms. The summed E-state index contributed by atoms with van der Waals surface area (Å²) in [6, 6.07) is 0. The molecule has 1 aromatic heterocycles. The van der Waals surface area contributed by atoms with E-state index >= 15 is 0 Å². The molecule has 0 aliphatic heterocycles. The third kappa shape index (κ3) is 4.80. The highest BCUT2D eigenvalue weighted by molar-refractivity contribution is 5.05. The molecule has 1 heterocycles. The van der Waals surface area contributed by atoms with Crippen LogP contribution in [-0.2, 0) is 5.54 Å². The Hall–Kier alpha value is -0.900. The summed E-state index contributed by atoms with van der Waals surface area (Å²) in [4.78, 5) is 4.57. The number of aromatic nitrogens is 2.